The number of nitrogens with one attached hydrogen (secondary N) is 2. The van der Waals surface area contributed by atoms with Crippen molar-refractivity contribution >= 4 is 28.8 Å². The van der Waals surface area contributed by atoms with Gasteiger partial charge in [0.2, 0.25) is 0 Å². The van der Waals surface area contributed by atoms with Gasteiger partial charge in [-0.05, 0) is 32.0 Å². The first-order valence-corrected chi connectivity index (χ1v) is 9.85. The Kier molecular flexibility index (Phi) is 5.58. The Morgan fingerprint density at radius 2 is 1.76 bits per heavy atom. The molecule has 0 spiro atoms. The van der Waals surface area contributed by atoms with Gasteiger partial charge in [0.05, 0.1) is 5.69 Å². The number of amides is 2. The van der Waals surface area contributed by atoms with E-state index in [1.165, 1.54) is 17.8 Å². The fourth-order valence-corrected chi connectivity index (χ4v) is 3.15. The number of carbonyl (C=O) groups is 2. The summed E-state index contributed by atoms with van der Waals surface area (Å²) in [6.07, 6.45) is -3.23. The third-order valence-electron chi connectivity index (χ3n) is 4.66. The summed E-state index contributed by atoms with van der Waals surface area (Å²) in [4.78, 5) is 29.5. The maximum atomic E-state index is 13.4. The van der Waals surface area contributed by atoms with Crippen molar-refractivity contribution < 1.29 is 22.8 Å². The van der Waals surface area contributed by atoms with Crippen LogP contribution in [0.3, 0.4) is 0 Å². The molecule has 4 rings (SSSR count). The predicted octanol–water partition coefficient (Wildman–Crippen LogP) is 3.78. The molecule has 0 radical (unpaired) electrons. The van der Waals surface area contributed by atoms with Crippen LogP contribution in [0.15, 0.2) is 48.7 Å². The molecule has 1 aromatic carbocycles. The molecule has 0 saturated carbocycles. The van der Waals surface area contributed by atoms with Gasteiger partial charge in [0.25, 0.3) is 11.8 Å². The zero-order valence-electron chi connectivity index (χ0n) is 17.5. The smallest absolute Gasteiger partial charge is 0.321 e. The zero-order valence-corrected chi connectivity index (χ0v) is 17.5. The Bertz CT molecular complexity index is 1340. The van der Waals surface area contributed by atoms with Crippen LogP contribution in [-0.4, -0.2) is 36.2 Å². The lowest BCUT2D eigenvalue weighted by atomic mass is 10.3. The minimum Gasteiger partial charge on any atom is -0.321 e. The van der Waals surface area contributed by atoms with Crippen molar-refractivity contribution in [3.8, 4) is 0 Å². The number of nitrogens with zero attached hydrogens (tertiary/aromatic N) is 5. The van der Waals surface area contributed by atoms with Crippen LogP contribution in [0.25, 0.3) is 5.65 Å². The summed E-state index contributed by atoms with van der Waals surface area (Å²) in [5.41, 5.74) is -0.768. The first kappa shape index (κ1) is 22.0. The Labute approximate surface area is 185 Å². The number of aryl methyl sites for hydroxylation is 2. The van der Waals surface area contributed by atoms with Gasteiger partial charge in [-0.3, -0.25) is 14.3 Å². The molecule has 0 fully saturated rings. The topological polar surface area (TPSA) is 106 Å². The normalized spacial score (nSPS) is 11.5. The molecule has 0 bridgehead atoms. The van der Waals surface area contributed by atoms with E-state index < -0.39 is 23.7 Å². The molecule has 3 aromatic heterocycles. The summed E-state index contributed by atoms with van der Waals surface area (Å²) in [5, 5.41) is 13.1. The number of hydrogen-bond donors (Lipinski definition) is 2. The molecule has 0 saturated heterocycles. The molecular formula is C21H18F3N7O2. The summed E-state index contributed by atoms with van der Waals surface area (Å²) in [6.45, 7) is 3.64. The first-order chi connectivity index (χ1) is 15.7. The van der Waals surface area contributed by atoms with Gasteiger partial charge in [-0.25, -0.2) is 9.50 Å². The molecule has 0 atom stereocenters. The molecular weight excluding hydrogens is 439 g/mol. The first-order valence-electron chi connectivity index (χ1n) is 9.85. The Hall–Kier alpha value is -4.22. The molecule has 0 aliphatic rings. The van der Waals surface area contributed by atoms with E-state index in [2.05, 4.69) is 25.8 Å². The monoisotopic (exact) mass is 457 g/mol. The van der Waals surface area contributed by atoms with E-state index in [-0.39, 0.29) is 28.4 Å². The van der Waals surface area contributed by atoms with E-state index in [0.29, 0.717) is 16.7 Å². The highest BCUT2D eigenvalue weighted by Crippen LogP contribution is 2.30. The highest BCUT2D eigenvalue weighted by Gasteiger charge is 2.35. The van der Waals surface area contributed by atoms with E-state index in [4.69, 9.17) is 0 Å². The zero-order chi connectivity index (χ0) is 23.8. The standard InChI is InChI=1S/C21H18F3N7O2/c1-3-30-11-15(18(29-30)20(33)26-13-7-5-4-6-8-13)27-19(32)14-10-17-25-12(2)9-16(21(22,23)24)31(17)28-14/h4-11H,3H2,1-2H3,(H,26,33)(H,27,32). The van der Waals surface area contributed by atoms with Crippen LogP contribution in [0, 0.1) is 6.92 Å². The van der Waals surface area contributed by atoms with E-state index in [1.54, 1.807) is 37.3 Å². The number of aromatic nitrogens is 5. The van der Waals surface area contributed by atoms with Crippen LogP contribution in [0.4, 0.5) is 24.5 Å². The van der Waals surface area contributed by atoms with Gasteiger partial charge in [-0.15, -0.1) is 0 Å². The summed E-state index contributed by atoms with van der Waals surface area (Å²) >= 11 is 0. The second-order valence-corrected chi connectivity index (χ2v) is 7.10. The minimum atomic E-state index is -4.68. The van der Waals surface area contributed by atoms with Crippen molar-refractivity contribution in [2.75, 3.05) is 10.6 Å². The van der Waals surface area contributed by atoms with Gasteiger partial charge in [-0.2, -0.15) is 23.4 Å². The molecule has 9 nitrogen and oxygen atoms in total. The highest BCUT2D eigenvalue weighted by atomic mass is 19.4. The lowest BCUT2D eigenvalue weighted by Gasteiger charge is -2.09. The molecule has 0 aliphatic heterocycles. The van der Waals surface area contributed by atoms with Gasteiger partial charge >= 0.3 is 6.18 Å². The van der Waals surface area contributed by atoms with Crippen LogP contribution in [-0.2, 0) is 12.7 Å². The molecule has 33 heavy (non-hydrogen) atoms. The maximum Gasteiger partial charge on any atom is 0.433 e. The fraction of sp³-hybridized carbons (Fsp3) is 0.190. The van der Waals surface area contributed by atoms with Crippen molar-refractivity contribution in [2.45, 2.75) is 26.6 Å². The van der Waals surface area contributed by atoms with Crippen molar-refractivity contribution in [1.82, 2.24) is 24.4 Å². The SMILES string of the molecule is CCn1cc(NC(=O)c2cc3nc(C)cc(C(F)(F)F)n3n2)c(C(=O)Nc2ccccc2)n1. The summed E-state index contributed by atoms with van der Waals surface area (Å²) in [7, 11) is 0. The Morgan fingerprint density at radius 3 is 2.42 bits per heavy atom. The summed E-state index contributed by atoms with van der Waals surface area (Å²) in [6, 6.07) is 10.7. The third kappa shape index (κ3) is 4.54. The number of alkyl halides is 3. The summed E-state index contributed by atoms with van der Waals surface area (Å²) < 4.78 is 42.1. The number of carbonyl (C=O) groups excluding carboxylic acids is 2. The lowest BCUT2D eigenvalue weighted by Crippen LogP contribution is -2.18. The van der Waals surface area contributed by atoms with E-state index in [1.807, 2.05) is 0 Å². The average molecular weight is 457 g/mol. The minimum absolute atomic E-state index is 0.0530. The molecule has 4 aromatic rings. The lowest BCUT2D eigenvalue weighted by molar-refractivity contribution is -0.142. The van der Waals surface area contributed by atoms with Crippen LogP contribution in [0.2, 0.25) is 0 Å². The van der Waals surface area contributed by atoms with Crippen LogP contribution in [0.1, 0.15) is 39.3 Å². The molecule has 0 unspecified atom stereocenters. The van der Waals surface area contributed by atoms with E-state index >= 15 is 0 Å². The largest absolute Gasteiger partial charge is 0.433 e. The van der Waals surface area contributed by atoms with Crippen molar-refractivity contribution in [3.63, 3.8) is 0 Å². The van der Waals surface area contributed by atoms with Crippen LogP contribution in [0.5, 0.6) is 0 Å². The quantitative estimate of drug-likeness (QED) is 0.475. The van der Waals surface area contributed by atoms with Crippen LogP contribution < -0.4 is 10.6 Å². The molecule has 2 N–H and O–H groups in total. The number of hydrogen-bond acceptors (Lipinski definition) is 5. The molecule has 2 amide bonds. The summed E-state index contributed by atoms with van der Waals surface area (Å²) in [5.74, 6) is -1.37. The predicted molar refractivity (Wildman–Crippen MR) is 113 cm³/mol. The number of rotatable bonds is 5. The fourth-order valence-electron chi connectivity index (χ4n) is 3.15. The van der Waals surface area contributed by atoms with Gasteiger partial charge in [0, 0.05) is 30.2 Å². The van der Waals surface area contributed by atoms with E-state index in [0.717, 1.165) is 12.1 Å². The Balaban J connectivity index is 1.64. The number of para-hydroxylation sites is 1. The van der Waals surface area contributed by atoms with Gasteiger partial charge in [-0.1, -0.05) is 18.2 Å². The second-order valence-electron chi connectivity index (χ2n) is 7.10. The number of anilines is 2. The number of fused-ring (bicyclic) bond motifs is 1. The van der Waals surface area contributed by atoms with Gasteiger partial charge in [0.15, 0.2) is 17.0 Å². The molecule has 0 aliphatic carbocycles. The van der Waals surface area contributed by atoms with Crippen molar-refractivity contribution in [1.29, 1.82) is 0 Å². The number of benzene rings is 1. The van der Waals surface area contributed by atoms with Crippen molar-refractivity contribution in [2.24, 2.45) is 0 Å². The highest BCUT2D eigenvalue weighted by molar-refractivity contribution is 6.11. The van der Waals surface area contributed by atoms with Gasteiger partial charge < -0.3 is 10.6 Å². The molecule has 3 heterocycles. The molecule has 12 heteroatoms. The average Bonchev–Trinajstić information content (AvgIpc) is 3.37. The van der Waals surface area contributed by atoms with Crippen LogP contribution >= 0.6 is 0 Å². The van der Waals surface area contributed by atoms with Gasteiger partial charge in [0.1, 0.15) is 5.69 Å². The third-order valence-corrected chi connectivity index (χ3v) is 4.66. The van der Waals surface area contributed by atoms with Crippen molar-refractivity contribution in [3.05, 3.63) is 71.4 Å². The van der Waals surface area contributed by atoms with E-state index in [9.17, 15) is 22.8 Å². The number of halogens is 3. The maximum absolute atomic E-state index is 13.4. The Morgan fingerprint density at radius 1 is 1.03 bits per heavy atom. The second kappa shape index (κ2) is 8.37. The molecule has 170 valence electrons.